The highest BCUT2D eigenvalue weighted by atomic mass is 32.1. The molecule has 3 amide bonds. The van der Waals surface area contributed by atoms with Crippen molar-refractivity contribution in [2.75, 3.05) is 45.7 Å². The van der Waals surface area contributed by atoms with Crippen molar-refractivity contribution >= 4 is 39.2 Å². The van der Waals surface area contributed by atoms with Crippen LogP contribution in [0.1, 0.15) is 10.5 Å². The molecule has 3 aromatic rings. The van der Waals surface area contributed by atoms with Gasteiger partial charge in [0.25, 0.3) is 5.91 Å². The molecule has 2 heterocycles. The Labute approximate surface area is 178 Å². The van der Waals surface area contributed by atoms with E-state index in [4.69, 9.17) is 9.47 Å². The predicted molar refractivity (Wildman–Crippen MR) is 116 cm³/mol. The number of hydrogen-bond acceptors (Lipinski definition) is 6. The van der Waals surface area contributed by atoms with Crippen molar-refractivity contribution in [3.05, 3.63) is 48.2 Å². The van der Waals surface area contributed by atoms with Crippen LogP contribution in [0.3, 0.4) is 0 Å². The minimum Gasteiger partial charge on any atom is -0.497 e. The van der Waals surface area contributed by atoms with Gasteiger partial charge in [0.2, 0.25) is 0 Å². The summed E-state index contributed by atoms with van der Waals surface area (Å²) in [6.07, 6.45) is 0. The molecule has 4 rings (SSSR count). The highest BCUT2D eigenvalue weighted by Gasteiger charge is 2.27. The molecule has 0 spiro atoms. The van der Waals surface area contributed by atoms with E-state index in [9.17, 15) is 9.59 Å². The molecule has 1 fully saturated rings. The standard InChI is InChI=1S/C21H22N4O4S/c1-28-15-11-14(12-16(13-15)29-2)22-21(27)25-9-7-24(8-10-25)20(26)19-17-5-3-4-6-18(17)30-23-19/h3-6,11-13H,7-10H2,1-2H3,(H,22,27). The number of carbonyl (C=O) groups is 2. The summed E-state index contributed by atoms with van der Waals surface area (Å²) in [6, 6.07) is 12.7. The van der Waals surface area contributed by atoms with E-state index in [2.05, 4.69) is 9.69 Å². The van der Waals surface area contributed by atoms with Crippen molar-refractivity contribution in [1.82, 2.24) is 14.2 Å². The first-order valence-electron chi connectivity index (χ1n) is 9.51. The first-order chi connectivity index (χ1) is 14.6. The Hall–Kier alpha value is -3.33. The molecular formula is C21H22N4O4S. The first kappa shape index (κ1) is 20.0. The lowest BCUT2D eigenvalue weighted by molar-refractivity contribution is 0.0669. The second kappa shape index (κ2) is 8.58. The van der Waals surface area contributed by atoms with Crippen LogP contribution in [0.15, 0.2) is 42.5 Å². The third-order valence-corrected chi connectivity index (χ3v) is 5.86. The number of piperazine rings is 1. The fourth-order valence-electron chi connectivity index (χ4n) is 3.38. The van der Waals surface area contributed by atoms with E-state index in [-0.39, 0.29) is 11.9 Å². The van der Waals surface area contributed by atoms with Crippen LogP contribution in [-0.4, -0.2) is 66.5 Å². The lowest BCUT2D eigenvalue weighted by Gasteiger charge is -2.34. The summed E-state index contributed by atoms with van der Waals surface area (Å²) in [6.45, 7) is 1.81. The van der Waals surface area contributed by atoms with Crippen LogP contribution in [0.4, 0.5) is 10.5 Å². The summed E-state index contributed by atoms with van der Waals surface area (Å²) in [5, 5.41) is 3.74. The van der Waals surface area contributed by atoms with Crippen LogP contribution in [0, 0.1) is 0 Å². The van der Waals surface area contributed by atoms with Gasteiger partial charge in [0.05, 0.1) is 18.9 Å². The van der Waals surface area contributed by atoms with Crippen molar-refractivity contribution in [2.45, 2.75) is 0 Å². The molecular weight excluding hydrogens is 404 g/mol. The van der Waals surface area contributed by atoms with Gasteiger partial charge in [-0.1, -0.05) is 18.2 Å². The van der Waals surface area contributed by atoms with E-state index < -0.39 is 0 Å². The van der Waals surface area contributed by atoms with Gasteiger partial charge in [-0.3, -0.25) is 4.79 Å². The van der Waals surface area contributed by atoms with Gasteiger partial charge in [0.1, 0.15) is 17.2 Å². The van der Waals surface area contributed by atoms with Crippen molar-refractivity contribution in [3.8, 4) is 11.5 Å². The Bertz CT molecular complexity index is 1050. The van der Waals surface area contributed by atoms with Crippen molar-refractivity contribution in [3.63, 3.8) is 0 Å². The summed E-state index contributed by atoms with van der Waals surface area (Å²) < 4.78 is 15.8. The Balaban J connectivity index is 1.38. The number of ether oxygens (including phenoxy) is 2. The van der Waals surface area contributed by atoms with Crippen LogP contribution in [0.2, 0.25) is 0 Å². The number of urea groups is 1. The van der Waals surface area contributed by atoms with Gasteiger partial charge in [-0.2, -0.15) is 4.37 Å². The zero-order chi connectivity index (χ0) is 21.1. The lowest BCUT2D eigenvalue weighted by Crippen LogP contribution is -2.51. The van der Waals surface area contributed by atoms with Gasteiger partial charge in [-0.25, -0.2) is 4.79 Å². The van der Waals surface area contributed by atoms with E-state index in [1.165, 1.54) is 11.5 Å². The molecule has 0 bridgehead atoms. The van der Waals surface area contributed by atoms with E-state index in [0.29, 0.717) is 49.1 Å². The molecule has 1 aliphatic heterocycles. The number of nitrogens with zero attached hydrogens (tertiary/aromatic N) is 3. The molecule has 0 saturated carbocycles. The van der Waals surface area contributed by atoms with Gasteiger partial charge in [-0.05, 0) is 17.6 Å². The number of nitrogens with one attached hydrogen (secondary N) is 1. The highest BCUT2D eigenvalue weighted by Crippen LogP contribution is 2.26. The van der Waals surface area contributed by atoms with Crippen LogP contribution in [0.5, 0.6) is 11.5 Å². The molecule has 1 aromatic heterocycles. The maximum Gasteiger partial charge on any atom is 0.321 e. The SMILES string of the molecule is COc1cc(NC(=O)N2CCN(C(=O)c3nsc4ccccc34)CC2)cc(OC)c1. The number of benzene rings is 2. The molecule has 156 valence electrons. The third kappa shape index (κ3) is 4.02. The first-order valence-corrected chi connectivity index (χ1v) is 10.3. The summed E-state index contributed by atoms with van der Waals surface area (Å²) in [7, 11) is 3.12. The normalized spacial score (nSPS) is 13.9. The van der Waals surface area contributed by atoms with Crippen molar-refractivity contribution in [2.24, 2.45) is 0 Å². The topological polar surface area (TPSA) is 84.0 Å². The molecule has 30 heavy (non-hydrogen) atoms. The smallest absolute Gasteiger partial charge is 0.321 e. The van der Waals surface area contributed by atoms with Gasteiger partial charge in [0.15, 0.2) is 0 Å². The molecule has 0 aliphatic carbocycles. The second-order valence-corrected chi connectivity index (χ2v) is 7.64. The second-order valence-electron chi connectivity index (χ2n) is 6.84. The third-order valence-electron chi connectivity index (χ3n) is 5.04. The lowest BCUT2D eigenvalue weighted by atomic mass is 10.2. The largest absolute Gasteiger partial charge is 0.497 e. The summed E-state index contributed by atoms with van der Waals surface area (Å²) in [4.78, 5) is 29.0. The summed E-state index contributed by atoms with van der Waals surface area (Å²) in [5.74, 6) is 1.09. The van der Waals surface area contributed by atoms with Crippen LogP contribution in [-0.2, 0) is 0 Å². The fourth-order valence-corrected chi connectivity index (χ4v) is 4.15. The van der Waals surface area contributed by atoms with Gasteiger partial charge < -0.3 is 24.6 Å². The maximum absolute atomic E-state index is 12.9. The molecule has 0 atom stereocenters. The number of methoxy groups -OCH3 is 2. The quantitative estimate of drug-likeness (QED) is 0.692. The molecule has 1 saturated heterocycles. The van der Waals surface area contributed by atoms with Crippen molar-refractivity contribution < 1.29 is 19.1 Å². The monoisotopic (exact) mass is 426 g/mol. The average Bonchev–Trinajstić information content (AvgIpc) is 3.22. The molecule has 1 N–H and O–H groups in total. The van der Waals surface area contributed by atoms with E-state index in [1.54, 1.807) is 42.2 Å². The predicted octanol–water partition coefficient (Wildman–Crippen LogP) is 3.30. The zero-order valence-corrected chi connectivity index (χ0v) is 17.6. The number of hydrogen-bond donors (Lipinski definition) is 1. The van der Waals surface area contributed by atoms with Gasteiger partial charge >= 0.3 is 6.03 Å². The van der Waals surface area contributed by atoms with Crippen molar-refractivity contribution in [1.29, 1.82) is 0 Å². The van der Waals surface area contributed by atoms with Crippen LogP contribution < -0.4 is 14.8 Å². The summed E-state index contributed by atoms with van der Waals surface area (Å²) >= 11 is 1.33. The molecule has 0 radical (unpaired) electrons. The number of carbonyl (C=O) groups excluding carboxylic acids is 2. The number of rotatable bonds is 4. The van der Waals surface area contributed by atoms with E-state index in [0.717, 1.165) is 10.1 Å². The van der Waals surface area contributed by atoms with Crippen LogP contribution in [0.25, 0.3) is 10.1 Å². The number of amides is 3. The summed E-state index contributed by atoms with van der Waals surface area (Å²) in [5.41, 5.74) is 1.07. The van der Waals surface area contributed by atoms with E-state index in [1.807, 2.05) is 24.3 Å². The highest BCUT2D eigenvalue weighted by molar-refractivity contribution is 7.13. The number of anilines is 1. The molecule has 8 nitrogen and oxygen atoms in total. The Morgan fingerprint density at radius 1 is 0.967 bits per heavy atom. The molecule has 2 aromatic carbocycles. The molecule has 1 aliphatic rings. The number of fused-ring (bicyclic) bond motifs is 1. The van der Waals surface area contributed by atoms with Crippen LogP contribution >= 0.6 is 11.5 Å². The minimum atomic E-state index is -0.225. The Kier molecular flexibility index (Phi) is 5.71. The molecule has 9 heteroatoms. The minimum absolute atomic E-state index is 0.0926. The molecule has 0 unspecified atom stereocenters. The number of aromatic nitrogens is 1. The Morgan fingerprint density at radius 3 is 2.27 bits per heavy atom. The van der Waals surface area contributed by atoms with Gasteiger partial charge in [-0.15, -0.1) is 0 Å². The van der Waals surface area contributed by atoms with Gasteiger partial charge in [0, 0.05) is 55.5 Å². The fraction of sp³-hybridized carbons (Fsp3) is 0.286. The Morgan fingerprint density at radius 2 is 1.60 bits per heavy atom. The maximum atomic E-state index is 12.9. The van der Waals surface area contributed by atoms with E-state index >= 15 is 0 Å². The zero-order valence-electron chi connectivity index (χ0n) is 16.8. The average molecular weight is 426 g/mol.